The van der Waals surface area contributed by atoms with Crippen molar-refractivity contribution in [3.05, 3.63) is 41.0 Å². The van der Waals surface area contributed by atoms with E-state index in [1.165, 1.54) is 33.0 Å². The minimum absolute atomic E-state index is 0. The summed E-state index contributed by atoms with van der Waals surface area (Å²) in [6, 6.07) is 8.14. The molecule has 0 fully saturated rings. The van der Waals surface area contributed by atoms with Crippen LogP contribution in [-0.2, 0) is 0 Å². The first-order valence-electron chi connectivity index (χ1n) is 4.60. The van der Waals surface area contributed by atoms with Crippen LogP contribution in [0.2, 0.25) is 6.04 Å². The van der Waals surface area contributed by atoms with E-state index in [0.717, 1.165) is 5.92 Å². The van der Waals surface area contributed by atoms with E-state index in [2.05, 4.69) is 37.3 Å². The van der Waals surface area contributed by atoms with Crippen LogP contribution in [0.15, 0.2) is 24.3 Å². The number of aryl methyl sites for hydroxylation is 1. The van der Waals surface area contributed by atoms with Crippen molar-refractivity contribution in [3.63, 3.8) is 0 Å². The number of benzene rings is 1. The molecule has 0 spiro atoms. The first kappa shape index (κ1) is 11.3. The van der Waals surface area contributed by atoms with E-state index in [-0.39, 0.29) is 29.6 Å². The summed E-state index contributed by atoms with van der Waals surface area (Å²) < 4.78 is 0. The Balaban J connectivity index is 0.000000845. The van der Waals surface area contributed by atoms with Crippen LogP contribution >= 0.6 is 0 Å². The molecule has 0 saturated heterocycles. The quantitative estimate of drug-likeness (QED) is 0.596. The molecular formula is C11H15NaSi. The normalized spacial score (nSPS) is 18.4. The van der Waals surface area contributed by atoms with Crippen molar-refractivity contribution < 1.29 is 0 Å². The summed E-state index contributed by atoms with van der Waals surface area (Å²) in [5.41, 5.74) is 4.35. The Hall–Kier alpha value is 0.177. The first-order chi connectivity index (χ1) is 5.81. The van der Waals surface area contributed by atoms with Crippen LogP contribution in [0.4, 0.5) is 0 Å². The van der Waals surface area contributed by atoms with Crippen molar-refractivity contribution in [2.75, 3.05) is 0 Å². The van der Waals surface area contributed by atoms with Crippen molar-refractivity contribution in [2.45, 2.75) is 18.9 Å². The van der Waals surface area contributed by atoms with Gasteiger partial charge in [-0.25, -0.2) is 0 Å². The van der Waals surface area contributed by atoms with Gasteiger partial charge in [0.25, 0.3) is 0 Å². The molecule has 0 heterocycles. The van der Waals surface area contributed by atoms with Gasteiger partial charge in [-0.3, -0.25) is 0 Å². The zero-order valence-electron chi connectivity index (χ0n) is 7.67. The summed E-state index contributed by atoms with van der Waals surface area (Å²) in [6.07, 6.45) is 4.61. The van der Waals surface area contributed by atoms with Crippen molar-refractivity contribution in [1.82, 2.24) is 0 Å². The molecule has 1 atom stereocenters. The molecule has 0 N–H and O–H groups in total. The zero-order valence-corrected chi connectivity index (χ0v) is 9.67. The second kappa shape index (κ2) is 4.60. The van der Waals surface area contributed by atoms with E-state index < -0.39 is 0 Å². The summed E-state index contributed by atoms with van der Waals surface area (Å²) in [6.45, 7) is 2.15. The fraction of sp³-hybridized carbons (Fsp3) is 0.273. The molecule has 1 aliphatic rings. The van der Waals surface area contributed by atoms with Crippen molar-refractivity contribution in [2.24, 2.45) is 0 Å². The molecule has 2 rings (SSSR count). The Morgan fingerprint density at radius 1 is 1.38 bits per heavy atom. The van der Waals surface area contributed by atoms with Crippen LogP contribution in [-0.4, -0.2) is 39.8 Å². The third-order valence-corrected chi connectivity index (χ3v) is 3.47. The molecule has 0 radical (unpaired) electrons. The van der Waals surface area contributed by atoms with Crippen molar-refractivity contribution >= 4 is 45.9 Å². The fourth-order valence-corrected chi connectivity index (χ4v) is 2.57. The van der Waals surface area contributed by atoms with E-state index in [1.807, 2.05) is 0 Å². The van der Waals surface area contributed by atoms with Crippen LogP contribution in [0.1, 0.15) is 22.6 Å². The first-order valence-corrected chi connectivity index (χ1v) is 6.01. The third kappa shape index (κ3) is 2.16. The van der Waals surface area contributed by atoms with Gasteiger partial charge < -0.3 is 0 Å². The molecule has 64 valence electrons. The molecule has 0 bridgehead atoms. The Bertz CT molecular complexity index is 331. The standard InChI is InChI=1S/C11H14Si.Na.H/c1-8-2-5-11-9(6-8)3-4-10(11)7-12;;/h2-6,10H,7H2,1,12H3;;. The maximum absolute atomic E-state index is 2.34. The summed E-state index contributed by atoms with van der Waals surface area (Å²) in [7, 11) is 1.30. The Labute approximate surface area is 105 Å². The second-order valence-corrected chi connectivity index (χ2v) is 4.32. The fourth-order valence-electron chi connectivity index (χ4n) is 1.86. The average molecular weight is 198 g/mol. The predicted molar refractivity (Wildman–Crippen MR) is 64.8 cm³/mol. The molecule has 13 heavy (non-hydrogen) atoms. The number of fused-ring (bicyclic) bond motifs is 1. The third-order valence-electron chi connectivity index (χ3n) is 2.59. The second-order valence-electron chi connectivity index (χ2n) is 3.51. The zero-order chi connectivity index (χ0) is 8.55. The molecule has 0 amide bonds. The van der Waals surface area contributed by atoms with Crippen LogP contribution in [0, 0.1) is 6.92 Å². The SMILES string of the molecule is Cc1ccc2c(c1)C=CC2C[SiH3].[NaH]. The van der Waals surface area contributed by atoms with E-state index in [4.69, 9.17) is 0 Å². The van der Waals surface area contributed by atoms with E-state index in [9.17, 15) is 0 Å². The van der Waals surface area contributed by atoms with Gasteiger partial charge in [-0.05, 0) is 24.0 Å². The van der Waals surface area contributed by atoms with Gasteiger partial charge in [0, 0.05) is 10.2 Å². The molecule has 0 saturated carbocycles. The van der Waals surface area contributed by atoms with Gasteiger partial charge in [-0.1, -0.05) is 42.0 Å². The topological polar surface area (TPSA) is 0 Å². The number of rotatable bonds is 1. The summed E-state index contributed by atoms with van der Waals surface area (Å²) >= 11 is 0. The van der Waals surface area contributed by atoms with Gasteiger partial charge in [0.05, 0.1) is 0 Å². The van der Waals surface area contributed by atoms with Crippen molar-refractivity contribution in [1.29, 1.82) is 0 Å². The number of allylic oxidation sites excluding steroid dienone is 1. The van der Waals surface area contributed by atoms with Crippen LogP contribution in [0.3, 0.4) is 0 Å². The minimum atomic E-state index is 0. The summed E-state index contributed by atoms with van der Waals surface area (Å²) in [5, 5.41) is 0. The van der Waals surface area contributed by atoms with E-state index in [1.54, 1.807) is 0 Å². The monoisotopic (exact) mass is 198 g/mol. The predicted octanol–water partition coefficient (Wildman–Crippen LogP) is 1.24. The number of hydrogen-bond acceptors (Lipinski definition) is 0. The molecule has 0 nitrogen and oxygen atoms in total. The molecule has 0 aromatic heterocycles. The average Bonchev–Trinajstić information content (AvgIpc) is 2.46. The Morgan fingerprint density at radius 2 is 2.15 bits per heavy atom. The van der Waals surface area contributed by atoms with Gasteiger partial charge in [0.1, 0.15) is 0 Å². The van der Waals surface area contributed by atoms with Crippen molar-refractivity contribution in [3.8, 4) is 0 Å². The van der Waals surface area contributed by atoms with Crippen LogP contribution in [0.25, 0.3) is 6.08 Å². The molecule has 1 aliphatic carbocycles. The number of hydrogen-bond donors (Lipinski definition) is 0. The van der Waals surface area contributed by atoms with Gasteiger partial charge in [0.2, 0.25) is 0 Å². The molecule has 0 aliphatic heterocycles. The van der Waals surface area contributed by atoms with Crippen LogP contribution in [0.5, 0.6) is 0 Å². The van der Waals surface area contributed by atoms with Gasteiger partial charge in [0.15, 0.2) is 0 Å². The maximum atomic E-state index is 2.34. The molecule has 1 unspecified atom stereocenters. The van der Waals surface area contributed by atoms with Gasteiger partial charge in [-0.2, -0.15) is 0 Å². The molecule has 1 aromatic rings. The van der Waals surface area contributed by atoms with E-state index >= 15 is 0 Å². The Morgan fingerprint density at radius 3 is 2.85 bits per heavy atom. The van der Waals surface area contributed by atoms with Gasteiger partial charge in [-0.15, -0.1) is 0 Å². The molecule has 1 aromatic carbocycles. The summed E-state index contributed by atoms with van der Waals surface area (Å²) in [4.78, 5) is 0. The summed E-state index contributed by atoms with van der Waals surface area (Å²) in [5.74, 6) is 0.729. The Kier molecular flexibility index (Phi) is 3.99. The van der Waals surface area contributed by atoms with Crippen LogP contribution < -0.4 is 0 Å². The van der Waals surface area contributed by atoms with E-state index in [0.29, 0.717) is 0 Å². The molecule has 2 heteroatoms. The molecular weight excluding hydrogens is 183 g/mol. The van der Waals surface area contributed by atoms with Gasteiger partial charge >= 0.3 is 29.6 Å².